The van der Waals surface area contributed by atoms with Gasteiger partial charge in [0.25, 0.3) is 0 Å². The molecule has 0 aliphatic carbocycles. The van der Waals surface area contributed by atoms with Crippen LogP contribution in [0, 0.1) is 5.92 Å². The second-order valence-corrected chi connectivity index (χ2v) is 8.95. The van der Waals surface area contributed by atoms with Gasteiger partial charge in [0.1, 0.15) is 0 Å². The molecule has 0 fully saturated rings. The molecule has 0 N–H and O–H groups in total. The monoisotopic (exact) mass is 396 g/mol. The quantitative estimate of drug-likeness (QED) is 0.135. The zero-order valence-electron chi connectivity index (χ0n) is 19.7. The van der Waals surface area contributed by atoms with Gasteiger partial charge < -0.3 is 4.74 Å². The lowest BCUT2D eigenvalue weighted by atomic mass is 10.0. The second-order valence-electron chi connectivity index (χ2n) is 8.95. The van der Waals surface area contributed by atoms with Crippen LogP contribution >= 0.6 is 0 Å². The molecule has 0 aromatic rings. The predicted octanol–water partition coefficient (Wildman–Crippen LogP) is 9.01. The van der Waals surface area contributed by atoms with Crippen molar-refractivity contribution in [3.05, 3.63) is 0 Å². The van der Waals surface area contributed by atoms with Gasteiger partial charge in [0.15, 0.2) is 0 Å². The van der Waals surface area contributed by atoms with Crippen molar-refractivity contribution in [1.82, 2.24) is 0 Å². The summed E-state index contributed by atoms with van der Waals surface area (Å²) in [5.74, 6) is 0.439. The molecule has 1 atom stereocenters. The average Bonchev–Trinajstić information content (AvgIpc) is 2.69. The molecule has 0 aliphatic heterocycles. The molecule has 0 saturated carbocycles. The van der Waals surface area contributed by atoms with E-state index in [4.69, 9.17) is 4.74 Å². The van der Waals surface area contributed by atoms with E-state index in [-0.39, 0.29) is 5.97 Å². The van der Waals surface area contributed by atoms with Gasteiger partial charge in [-0.1, -0.05) is 136 Å². The Bertz CT molecular complexity index is 314. The average molecular weight is 397 g/mol. The van der Waals surface area contributed by atoms with Crippen LogP contribution in [0.5, 0.6) is 0 Å². The molecular weight excluding hydrogens is 344 g/mol. The van der Waals surface area contributed by atoms with Crippen molar-refractivity contribution < 1.29 is 9.53 Å². The van der Waals surface area contributed by atoms with Gasteiger partial charge in [0.05, 0.1) is 6.61 Å². The maximum atomic E-state index is 11.6. The zero-order chi connectivity index (χ0) is 20.7. The fourth-order valence-corrected chi connectivity index (χ4v) is 3.68. The third-order valence-corrected chi connectivity index (χ3v) is 5.97. The van der Waals surface area contributed by atoms with Gasteiger partial charge in [0.2, 0.25) is 0 Å². The van der Waals surface area contributed by atoms with Crippen LogP contribution in [0.2, 0.25) is 0 Å². The highest BCUT2D eigenvalue weighted by Gasteiger charge is 2.07. The van der Waals surface area contributed by atoms with Gasteiger partial charge in [-0.3, -0.25) is 4.79 Å². The lowest BCUT2D eigenvalue weighted by molar-refractivity contribution is -0.144. The Kier molecular flexibility index (Phi) is 22.3. The summed E-state index contributed by atoms with van der Waals surface area (Å²) in [4.78, 5) is 11.6. The molecule has 0 radical (unpaired) electrons. The van der Waals surface area contributed by atoms with E-state index >= 15 is 0 Å². The van der Waals surface area contributed by atoms with Gasteiger partial charge in [-0.25, -0.2) is 0 Å². The van der Waals surface area contributed by atoms with E-state index in [2.05, 4.69) is 20.8 Å². The number of unbranched alkanes of at least 4 members (excludes halogenated alkanes) is 17. The lowest BCUT2D eigenvalue weighted by Gasteiger charge is -2.08. The number of rotatable bonds is 22. The highest BCUT2D eigenvalue weighted by molar-refractivity contribution is 5.69. The Morgan fingerprint density at radius 1 is 0.607 bits per heavy atom. The van der Waals surface area contributed by atoms with Crippen LogP contribution in [0.25, 0.3) is 0 Å². The summed E-state index contributed by atoms with van der Waals surface area (Å²) in [5.41, 5.74) is 0. The van der Waals surface area contributed by atoms with E-state index in [1.54, 1.807) is 0 Å². The minimum atomic E-state index is -0.0127. The topological polar surface area (TPSA) is 26.3 Å². The van der Waals surface area contributed by atoms with Gasteiger partial charge in [-0.05, 0) is 12.3 Å². The summed E-state index contributed by atoms with van der Waals surface area (Å²) in [5, 5.41) is 0. The first-order chi connectivity index (χ1) is 13.7. The first-order valence-corrected chi connectivity index (χ1v) is 12.9. The molecule has 0 aromatic carbocycles. The summed E-state index contributed by atoms with van der Waals surface area (Å²) in [6, 6.07) is 0. The minimum Gasteiger partial charge on any atom is -0.466 e. The fraction of sp³-hybridized carbons (Fsp3) is 0.962. The molecule has 28 heavy (non-hydrogen) atoms. The van der Waals surface area contributed by atoms with Crippen LogP contribution in [0.15, 0.2) is 0 Å². The molecule has 2 nitrogen and oxygen atoms in total. The van der Waals surface area contributed by atoms with Crippen molar-refractivity contribution in [3.63, 3.8) is 0 Å². The number of carbonyl (C=O) groups excluding carboxylic acids is 1. The predicted molar refractivity (Wildman–Crippen MR) is 124 cm³/mol. The normalized spacial score (nSPS) is 12.2. The Hall–Kier alpha value is -0.530. The van der Waals surface area contributed by atoms with Crippen LogP contribution < -0.4 is 0 Å². The van der Waals surface area contributed by atoms with Crippen molar-refractivity contribution in [1.29, 1.82) is 0 Å². The first kappa shape index (κ1) is 27.5. The molecule has 2 heteroatoms. The number of hydrogen-bond donors (Lipinski definition) is 0. The van der Waals surface area contributed by atoms with Gasteiger partial charge >= 0.3 is 5.97 Å². The molecule has 0 heterocycles. The minimum absolute atomic E-state index is 0.0127. The van der Waals surface area contributed by atoms with Crippen LogP contribution in [0.3, 0.4) is 0 Å². The number of esters is 1. The summed E-state index contributed by atoms with van der Waals surface area (Å²) < 4.78 is 5.30. The highest BCUT2D eigenvalue weighted by atomic mass is 16.5. The number of hydrogen-bond acceptors (Lipinski definition) is 2. The third-order valence-electron chi connectivity index (χ3n) is 5.97. The Morgan fingerprint density at radius 2 is 0.964 bits per heavy atom. The van der Waals surface area contributed by atoms with E-state index in [1.807, 2.05) is 0 Å². The number of ether oxygens (including phenoxy) is 1. The molecule has 1 unspecified atom stereocenters. The molecule has 0 aliphatic rings. The maximum absolute atomic E-state index is 11.6. The van der Waals surface area contributed by atoms with E-state index in [0.717, 1.165) is 12.8 Å². The molecular formula is C26H52O2. The first-order valence-electron chi connectivity index (χ1n) is 12.9. The Morgan fingerprint density at radius 3 is 1.32 bits per heavy atom. The second kappa shape index (κ2) is 22.8. The highest BCUT2D eigenvalue weighted by Crippen LogP contribution is 2.14. The molecule has 168 valence electrons. The molecule has 0 bridgehead atoms. The molecule has 0 aromatic heterocycles. The van der Waals surface area contributed by atoms with Gasteiger partial charge in [-0.2, -0.15) is 0 Å². The SMILES string of the molecule is CCCCCCCCCCCCCCCCCCCCOC(=O)CC(C)CC. The van der Waals surface area contributed by atoms with Crippen molar-refractivity contribution in [2.45, 2.75) is 149 Å². The van der Waals surface area contributed by atoms with Crippen LogP contribution in [0.1, 0.15) is 149 Å². The van der Waals surface area contributed by atoms with Crippen LogP contribution in [-0.4, -0.2) is 12.6 Å². The maximum Gasteiger partial charge on any atom is 0.306 e. The summed E-state index contributed by atoms with van der Waals surface area (Å²) in [6.07, 6.45) is 26.5. The van der Waals surface area contributed by atoms with Crippen molar-refractivity contribution >= 4 is 5.97 Å². The van der Waals surface area contributed by atoms with E-state index < -0.39 is 0 Å². The van der Waals surface area contributed by atoms with E-state index in [9.17, 15) is 4.79 Å². The Labute approximate surface area is 177 Å². The van der Waals surface area contributed by atoms with E-state index in [1.165, 1.54) is 109 Å². The largest absolute Gasteiger partial charge is 0.466 e. The van der Waals surface area contributed by atoms with Gasteiger partial charge in [0, 0.05) is 6.42 Å². The summed E-state index contributed by atoms with van der Waals surface area (Å²) in [7, 11) is 0. The smallest absolute Gasteiger partial charge is 0.306 e. The fourth-order valence-electron chi connectivity index (χ4n) is 3.68. The van der Waals surface area contributed by atoms with Crippen LogP contribution in [-0.2, 0) is 9.53 Å². The molecule has 0 saturated heterocycles. The Balaban J connectivity index is 3.09. The zero-order valence-corrected chi connectivity index (χ0v) is 19.7. The van der Waals surface area contributed by atoms with Crippen molar-refractivity contribution in [2.24, 2.45) is 5.92 Å². The van der Waals surface area contributed by atoms with Gasteiger partial charge in [-0.15, -0.1) is 0 Å². The molecule has 0 spiro atoms. The standard InChI is InChI=1S/C26H52O2/c1-4-6-7-8-9-10-11-12-13-14-15-16-17-18-19-20-21-22-23-28-26(27)24-25(3)5-2/h25H,4-24H2,1-3H3. The lowest BCUT2D eigenvalue weighted by Crippen LogP contribution is -2.09. The summed E-state index contributed by atoms with van der Waals surface area (Å²) in [6.45, 7) is 7.14. The van der Waals surface area contributed by atoms with E-state index in [0.29, 0.717) is 18.9 Å². The summed E-state index contributed by atoms with van der Waals surface area (Å²) >= 11 is 0. The van der Waals surface area contributed by atoms with Crippen LogP contribution in [0.4, 0.5) is 0 Å². The number of carbonyl (C=O) groups is 1. The molecule has 0 rings (SSSR count). The van der Waals surface area contributed by atoms with Crippen molar-refractivity contribution in [3.8, 4) is 0 Å². The molecule has 0 amide bonds. The third kappa shape index (κ3) is 21.8. The van der Waals surface area contributed by atoms with Crippen molar-refractivity contribution in [2.75, 3.05) is 6.61 Å².